The maximum atomic E-state index is 14.4. The van der Waals surface area contributed by atoms with E-state index in [9.17, 15) is 13.7 Å². The van der Waals surface area contributed by atoms with Gasteiger partial charge in [0, 0.05) is 5.56 Å². The van der Waals surface area contributed by atoms with Gasteiger partial charge in [-0.3, -0.25) is 4.31 Å². The zero-order chi connectivity index (χ0) is 26.3. The number of methoxy groups -OCH3 is 2. The minimum Gasteiger partial charge on any atom is -0.493 e. The lowest BCUT2D eigenvalue weighted by molar-refractivity contribution is 0.352. The number of ether oxygens (including phenoxy) is 3. The first-order valence-corrected chi connectivity index (χ1v) is 13.0. The molecular formula is C28H25N3O5S. The molecular weight excluding hydrogens is 490 g/mol. The second-order valence-electron chi connectivity index (χ2n) is 8.75. The summed E-state index contributed by atoms with van der Waals surface area (Å²) in [6, 6.07) is 21.9. The summed E-state index contributed by atoms with van der Waals surface area (Å²) >= 11 is 0. The summed E-state index contributed by atoms with van der Waals surface area (Å²) < 4.78 is 46.8. The Hall–Kier alpha value is -4.42. The van der Waals surface area contributed by atoms with Crippen molar-refractivity contribution in [2.24, 2.45) is 5.73 Å². The first kappa shape index (κ1) is 24.3. The molecule has 3 aromatic rings. The molecule has 3 aromatic carbocycles. The van der Waals surface area contributed by atoms with Crippen molar-refractivity contribution in [3.05, 3.63) is 105 Å². The highest BCUT2D eigenvalue weighted by Crippen LogP contribution is 2.52. The van der Waals surface area contributed by atoms with E-state index in [1.165, 1.54) is 18.5 Å². The van der Waals surface area contributed by atoms with Gasteiger partial charge in [-0.1, -0.05) is 48.0 Å². The van der Waals surface area contributed by atoms with E-state index in [-0.39, 0.29) is 28.7 Å². The molecule has 9 heteroatoms. The van der Waals surface area contributed by atoms with Crippen LogP contribution in [0, 0.1) is 18.3 Å². The molecule has 0 amide bonds. The monoisotopic (exact) mass is 515 g/mol. The van der Waals surface area contributed by atoms with Crippen molar-refractivity contribution in [2.75, 3.05) is 18.5 Å². The summed E-state index contributed by atoms with van der Waals surface area (Å²) in [6.07, 6.45) is 0. The molecule has 1 atom stereocenters. The average molecular weight is 516 g/mol. The number of allylic oxidation sites excluding steroid dienone is 2. The average Bonchev–Trinajstić information content (AvgIpc) is 2.91. The van der Waals surface area contributed by atoms with E-state index in [2.05, 4.69) is 6.07 Å². The Bertz CT molecular complexity index is 1600. The van der Waals surface area contributed by atoms with Crippen molar-refractivity contribution in [1.82, 2.24) is 0 Å². The number of nitrogens with two attached hydrogens (primary N) is 1. The number of nitrogens with zero attached hydrogens (tertiary/aromatic N) is 2. The first-order valence-electron chi connectivity index (χ1n) is 11.5. The number of aryl methyl sites for hydroxylation is 1. The Kier molecular flexibility index (Phi) is 6.05. The van der Waals surface area contributed by atoms with Crippen molar-refractivity contribution >= 4 is 21.5 Å². The van der Waals surface area contributed by atoms with Crippen LogP contribution >= 0.6 is 0 Å². The summed E-state index contributed by atoms with van der Waals surface area (Å²) in [5.41, 5.74) is 9.66. The smallest absolute Gasteiger partial charge is 0.265 e. The largest absolute Gasteiger partial charge is 0.493 e. The molecule has 0 radical (unpaired) electrons. The van der Waals surface area contributed by atoms with Crippen LogP contribution in [0.2, 0.25) is 0 Å². The number of benzene rings is 3. The predicted molar refractivity (Wildman–Crippen MR) is 140 cm³/mol. The highest BCUT2D eigenvalue weighted by atomic mass is 32.2. The Morgan fingerprint density at radius 2 is 1.73 bits per heavy atom. The van der Waals surface area contributed by atoms with Crippen molar-refractivity contribution in [1.29, 1.82) is 5.26 Å². The third-order valence-electron chi connectivity index (χ3n) is 6.55. The molecule has 5 rings (SSSR count). The molecule has 0 aromatic heterocycles. The number of sulfonamides is 1. The molecule has 188 valence electrons. The number of hydrogen-bond donors (Lipinski definition) is 1. The lowest BCUT2D eigenvalue weighted by Gasteiger charge is -2.38. The van der Waals surface area contributed by atoms with Gasteiger partial charge >= 0.3 is 0 Å². The minimum absolute atomic E-state index is 0.00390. The van der Waals surface area contributed by atoms with E-state index >= 15 is 0 Å². The molecule has 2 aliphatic heterocycles. The van der Waals surface area contributed by atoms with E-state index in [1.54, 1.807) is 42.5 Å². The molecule has 0 spiro atoms. The number of fused-ring (bicyclic) bond motifs is 2. The van der Waals surface area contributed by atoms with E-state index in [4.69, 9.17) is 19.9 Å². The van der Waals surface area contributed by atoms with Gasteiger partial charge in [0.25, 0.3) is 10.0 Å². The highest BCUT2D eigenvalue weighted by molar-refractivity contribution is 7.96. The van der Waals surface area contributed by atoms with Gasteiger partial charge in [-0.2, -0.15) is 5.26 Å². The van der Waals surface area contributed by atoms with Crippen LogP contribution in [-0.2, 0) is 21.3 Å². The fraction of sp³-hybridized carbons (Fsp3) is 0.179. The van der Waals surface area contributed by atoms with Gasteiger partial charge in [0.1, 0.15) is 16.5 Å². The number of rotatable bonds is 5. The van der Waals surface area contributed by atoms with Crippen LogP contribution in [0.5, 0.6) is 11.5 Å². The summed E-state index contributed by atoms with van der Waals surface area (Å²) in [6.45, 7) is 2.08. The third-order valence-corrected chi connectivity index (χ3v) is 8.43. The molecule has 0 bridgehead atoms. The third kappa shape index (κ3) is 3.96. The van der Waals surface area contributed by atoms with Crippen LogP contribution in [-0.4, -0.2) is 22.6 Å². The molecule has 37 heavy (non-hydrogen) atoms. The van der Waals surface area contributed by atoms with Crippen LogP contribution in [0.25, 0.3) is 5.76 Å². The van der Waals surface area contributed by atoms with Crippen molar-refractivity contribution < 1.29 is 22.6 Å². The number of para-hydroxylation sites is 1. The normalized spacial score (nSPS) is 17.9. The van der Waals surface area contributed by atoms with Gasteiger partial charge in [-0.05, 0) is 42.3 Å². The minimum atomic E-state index is -4.17. The van der Waals surface area contributed by atoms with Gasteiger partial charge in [0.05, 0.1) is 32.4 Å². The van der Waals surface area contributed by atoms with Crippen molar-refractivity contribution in [3.63, 3.8) is 0 Å². The Morgan fingerprint density at radius 3 is 2.41 bits per heavy atom. The van der Waals surface area contributed by atoms with E-state index in [0.717, 1.165) is 11.1 Å². The molecule has 0 saturated carbocycles. The molecule has 0 aliphatic carbocycles. The number of nitriles is 1. The second-order valence-corrected chi connectivity index (χ2v) is 10.6. The maximum absolute atomic E-state index is 14.4. The molecule has 2 N–H and O–H groups in total. The van der Waals surface area contributed by atoms with Gasteiger partial charge < -0.3 is 19.9 Å². The van der Waals surface area contributed by atoms with E-state index in [0.29, 0.717) is 28.3 Å². The molecule has 1 unspecified atom stereocenters. The second kappa shape index (κ2) is 9.22. The summed E-state index contributed by atoms with van der Waals surface area (Å²) in [4.78, 5) is -0.0451. The number of anilines is 1. The topological polar surface area (TPSA) is 115 Å². The molecule has 0 saturated heterocycles. The van der Waals surface area contributed by atoms with Gasteiger partial charge in [0.15, 0.2) is 17.3 Å². The fourth-order valence-electron chi connectivity index (χ4n) is 4.70. The van der Waals surface area contributed by atoms with Gasteiger partial charge in [-0.15, -0.1) is 0 Å². The van der Waals surface area contributed by atoms with E-state index in [1.807, 2.05) is 31.2 Å². The Balaban J connectivity index is 1.75. The lowest BCUT2D eigenvalue weighted by Crippen LogP contribution is -2.39. The van der Waals surface area contributed by atoms with Gasteiger partial charge in [-0.25, -0.2) is 8.42 Å². The van der Waals surface area contributed by atoms with Crippen molar-refractivity contribution in [2.45, 2.75) is 19.4 Å². The van der Waals surface area contributed by atoms with Crippen molar-refractivity contribution in [3.8, 4) is 17.6 Å². The Labute approximate surface area is 215 Å². The summed E-state index contributed by atoms with van der Waals surface area (Å²) in [7, 11) is -1.17. The van der Waals surface area contributed by atoms with Crippen LogP contribution in [0.1, 0.15) is 28.2 Å². The standard InChI is InChI=1S/C28H25N3O5S/c1-17-8-10-18(11-9-17)16-31-22-7-5-4-6-20(22)26-27(37(31,32)33)25(21(15-29)28(30)36-26)19-12-13-23(34-2)24(14-19)35-3/h4-14,25H,16,30H2,1-3H3. The predicted octanol–water partition coefficient (Wildman–Crippen LogP) is 4.54. The fourth-order valence-corrected chi connectivity index (χ4v) is 6.62. The number of hydrogen-bond acceptors (Lipinski definition) is 7. The molecule has 2 heterocycles. The molecule has 2 aliphatic rings. The van der Waals surface area contributed by atoms with Crippen LogP contribution in [0.4, 0.5) is 5.69 Å². The molecule has 8 nitrogen and oxygen atoms in total. The van der Waals surface area contributed by atoms with E-state index < -0.39 is 15.9 Å². The lowest BCUT2D eigenvalue weighted by atomic mass is 9.88. The maximum Gasteiger partial charge on any atom is 0.265 e. The zero-order valence-corrected chi connectivity index (χ0v) is 21.4. The van der Waals surface area contributed by atoms with Crippen LogP contribution < -0.4 is 19.5 Å². The quantitative estimate of drug-likeness (QED) is 0.531. The highest BCUT2D eigenvalue weighted by Gasteiger charge is 2.47. The SMILES string of the molecule is COc1ccc(C2C(C#N)=C(N)OC3=C2S(=O)(=O)N(Cc2ccc(C)cc2)c2ccccc23)cc1OC. The zero-order valence-electron chi connectivity index (χ0n) is 20.6. The van der Waals surface area contributed by atoms with Gasteiger partial charge in [0.2, 0.25) is 5.88 Å². The van der Waals surface area contributed by atoms with Crippen LogP contribution in [0.15, 0.2) is 83.1 Å². The molecule has 0 fully saturated rings. The summed E-state index contributed by atoms with van der Waals surface area (Å²) in [5, 5.41) is 10.0. The van der Waals surface area contributed by atoms with Crippen LogP contribution in [0.3, 0.4) is 0 Å². The first-order chi connectivity index (χ1) is 17.8. The summed E-state index contributed by atoms with van der Waals surface area (Å²) in [5.74, 6) is -0.159. The Morgan fingerprint density at radius 1 is 1.03 bits per heavy atom.